The summed E-state index contributed by atoms with van der Waals surface area (Å²) in [5, 5.41) is 8.67. The molecule has 1 N–H and O–H groups in total. The van der Waals surface area contributed by atoms with Gasteiger partial charge in [0.25, 0.3) is 0 Å². The number of nitrogens with zero attached hydrogens (tertiary/aromatic N) is 6. The van der Waals surface area contributed by atoms with E-state index in [-0.39, 0.29) is 6.04 Å². The van der Waals surface area contributed by atoms with Crippen molar-refractivity contribution in [1.29, 1.82) is 0 Å². The van der Waals surface area contributed by atoms with Crippen LogP contribution in [0, 0.1) is 20.8 Å². The van der Waals surface area contributed by atoms with Gasteiger partial charge in [0.05, 0.1) is 28.8 Å². The molecule has 3 heterocycles. The molecule has 42 heavy (non-hydrogen) atoms. The molecule has 7 heteroatoms. The summed E-state index contributed by atoms with van der Waals surface area (Å²) >= 11 is 0. The molecule has 0 spiro atoms. The first kappa shape index (κ1) is 25.8. The van der Waals surface area contributed by atoms with Crippen molar-refractivity contribution < 1.29 is 0 Å². The van der Waals surface area contributed by atoms with Crippen molar-refractivity contribution in [3.63, 3.8) is 0 Å². The number of fused-ring (bicyclic) bond motifs is 4. The molecule has 1 atom stereocenters. The van der Waals surface area contributed by atoms with E-state index in [1.54, 1.807) is 0 Å². The van der Waals surface area contributed by atoms with Crippen LogP contribution >= 0.6 is 0 Å². The number of anilines is 3. The van der Waals surface area contributed by atoms with Crippen molar-refractivity contribution in [2.24, 2.45) is 9.98 Å². The Morgan fingerprint density at radius 3 is 2.24 bits per heavy atom. The molecule has 208 valence electrons. The van der Waals surface area contributed by atoms with Gasteiger partial charge in [0, 0.05) is 31.0 Å². The van der Waals surface area contributed by atoms with Crippen molar-refractivity contribution in [3.05, 3.63) is 125 Å². The van der Waals surface area contributed by atoms with Crippen LogP contribution < -0.4 is 15.1 Å². The number of aliphatic imine (C=N–C) groups is 2. The van der Waals surface area contributed by atoms with Crippen LogP contribution in [0.3, 0.4) is 0 Å². The summed E-state index contributed by atoms with van der Waals surface area (Å²) in [6.07, 6.45) is 0. The zero-order valence-electron chi connectivity index (χ0n) is 24.5. The van der Waals surface area contributed by atoms with Crippen LogP contribution in [0.5, 0.6) is 0 Å². The Balaban J connectivity index is 1.47. The Kier molecular flexibility index (Phi) is 6.16. The standard InChI is InChI=1S/C35H33N7/c1-22-15-18-26(21-23(22)2)36-33-35-38-34-31(24(3)39-42(34)28-11-7-6-8-12-28)32(25-16-19-27(20-17-25)40(4)5)41(35)30-14-10-9-13-29(30)37-33/h6-21,32H,1-5H3,(H,36,37)/t32-/m0/s1. The topological polar surface area (TPSA) is 61.1 Å². The SMILES string of the molecule is Cc1ccc(NC2=Nc3ccccc3N3C2=Nc2c(c(C)nn2-c2ccccc2)[C@@H]3c2ccc(N(C)C)cc2)cc1C. The maximum Gasteiger partial charge on any atom is 0.179 e. The van der Waals surface area contributed by atoms with Gasteiger partial charge in [-0.2, -0.15) is 5.10 Å². The van der Waals surface area contributed by atoms with Gasteiger partial charge in [-0.3, -0.25) is 0 Å². The summed E-state index contributed by atoms with van der Waals surface area (Å²) in [4.78, 5) is 14.9. The molecule has 2 aliphatic rings. The van der Waals surface area contributed by atoms with Gasteiger partial charge in [0.1, 0.15) is 0 Å². The number of para-hydroxylation sites is 3. The van der Waals surface area contributed by atoms with Crippen LogP contribution in [-0.2, 0) is 0 Å². The molecular formula is C35H33N7. The van der Waals surface area contributed by atoms with Crippen LogP contribution in [0.15, 0.2) is 107 Å². The van der Waals surface area contributed by atoms with Gasteiger partial charge in [-0.05, 0) is 86.0 Å². The van der Waals surface area contributed by atoms with Crippen molar-refractivity contribution in [2.45, 2.75) is 26.8 Å². The number of aryl methyl sites for hydroxylation is 3. The molecule has 0 bridgehead atoms. The molecule has 0 fully saturated rings. The van der Waals surface area contributed by atoms with Gasteiger partial charge in [-0.25, -0.2) is 14.7 Å². The fourth-order valence-electron chi connectivity index (χ4n) is 5.77. The van der Waals surface area contributed by atoms with E-state index in [0.717, 1.165) is 56.9 Å². The van der Waals surface area contributed by atoms with Crippen molar-refractivity contribution in [3.8, 4) is 5.69 Å². The Bertz CT molecular complexity index is 1860. The van der Waals surface area contributed by atoms with E-state index in [1.165, 1.54) is 11.1 Å². The zero-order chi connectivity index (χ0) is 29.0. The molecule has 2 aliphatic heterocycles. The number of rotatable bonds is 4. The van der Waals surface area contributed by atoms with Gasteiger partial charge in [-0.1, -0.05) is 48.5 Å². The smallest absolute Gasteiger partial charge is 0.179 e. The van der Waals surface area contributed by atoms with Gasteiger partial charge >= 0.3 is 0 Å². The second-order valence-corrected chi connectivity index (χ2v) is 11.1. The third-order valence-corrected chi connectivity index (χ3v) is 8.13. The lowest BCUT2D eigenvalue weighted by molar-refractivity contribution is 0.815. The van der Waals surface area contributed by atoms with Crippen molar-refractivity contribution in [1.82, 2.24) is 9.78 Å². The van der Waals surface area contributed by atoms with E-state index in [4.69, 9.17) is 15.1 Å². The molecule has 0 unspecified atom stereocenters. The first-order valence-electron chi connectivity index (χ1n) is 14.2. The van der Waals surface area contributed by atoms with Crippen molar-refractivity contribution >= 4 is 40.2 Å². The van der Waals surface area contributed by atoms with E-state index >= 15 is 0 Å². The number of nitrogens with one attached hydrogen (secondary N) is 1. The van der Waals surface area contributed by atoms with Crippen LogP contribution in [0.25, 0.3) is 5.69 Å². The summed E-state index contributed by atoms with van der Waals surface area (Å²) < 4.78 is 1.96. The van der Waals surface area contributed by atoms with Gasteiger partial charge < -0.3 is 15.1 Å². The summed E-state index contributed by atoms with van der Waals surface area (Å²) in [7, 11) is 4.13. The van der Waals surface area contributed by atoms with Crippen LogP contribution in [0.1, 0.15) is 34.0 Å². The quantitative estimate of drug-likeness (QED) is 0.249. The van der Waals surface area contributed by atoms with Crippen molar-refractivity contribution in [2.75, 3.05) is 29.2 Å². The monoisotopic (exact) mass is 551 g/mol. The number of benzene rings is 4. The Morgan fingerprint density at radius 2 is 1.50 bits per heavy atom. The molecule has 0 aliphatic carbocycles. The molecule has 0 saturated carbocycles. The fourth-order valence-corrected chi connectivity index (χ4v) is 5.77. The third kappa shape index (κ3) is 4.25. The van der Waals surface area contributed by atoms with Crippen LogP contribution in [0.2, 0.25) is 0 Å². The molecule has 7 rings (SSSR count). The molecular weight excluding hydrogens is 518 g/mol. The normalized spacial score (nSPS) is 15.3. The predicted molar refractivity (Wildman–Crippen MR) is 174 cm³/mol. The summed E-state index contributed by atoms with van der Waals surface area (Å²) in [5.74, 6) is 2.29. The minimum absolute atomic E-state index is 0.158. The lowest BCUT2D eigenvalue weighted by Crippen LogP contribution is -2.46. The highest BCUT2D eigenvalue weighted by molar-refractivity contribution is 6.51. The Morgan fingerprint density at radius 1 is 0.762 bits per heavy atom. The summed E-state index contributed by atoms with van der Waals surface area (Å²) in [6, 6.07) is 33.5. The van der Waals surface area contributed by atoms with Gasteiger partial charge in [0.15, 0.2) is 17.5 Å². The van der Waals surface area contributed by atoms with E-state index in [2.05, 4.69) is 123 Å². The average molecular weight is 552 g/mol. The molecule has 0 saturated heterocycles. The zero-order valence-corrected chi connectivity index (χ0v) is 24.5. The van der Waals surface area contributed by atoms with E-state index in [0.29, 0.717) is 5.84 Å². The number of hydrogen-bond donors (Lipinski definition) is 1. The van der Waals surface area contributed by atoms with Gasteiger partial charge in [0.2, 0.25) is 0 Å². The maximum atomic E-state index is 5.34. The predicted octanol–water partition coefficient (Wildman–Crippen LogP) is 7.66. The molecule has 5 aromatic rings. The summed E-state index contributed by atoms with van der Waals surface area (Å²) in [6.45, 7) is 6.34. The maximum absolute atomic E-state index is 5.34. The highest BCUT2D eigenvalue weighted by Crippen LogP contribution is 2.48. The molecule has 0 radical (unpaired) electrons. The van der Waals surface area contributed by atoms with Gasteiger partial charge in [-0.15, -0.1) is 0 Å². The molecule has 0 amide bonds. The number of hydrogen-bond acceptors (Lipinski definition) is 6. The summed E-state index contributed by atoms with van der Waals surface area (Å²) in [5.41, 5.74) is 10.7. The number of amidine groups is 2. The third-order valence-electron chi connectivity index (χ3n) is 8.13. The van der Waals surface area contributed by atoms with E-state index in [1.807, 2.05) is 28.9 Å². The van der Waals surface area contributed by atoms with Crippen LogP contribution in [0.4, 0.5) is 28.6 Å². The average Bonchev–Trinajstić information content (AvgIpc) is 3.34. The highest BCUT2D eigenvalue weighted by Gasteiger charge is 2.41. The number of aromatic nitrogens is 2. The molecule has 7 nitrogen and oxygen atoms in total. The molecule has 4 aromatic carbocycles. The minimum atomic E-state index is -0.158. The first-order valence-corrected chi connectivity index (χ1v) is 14.2. The van der Waals surface area contributed by atoms with E-state index < -0.39 is 0 Å². The van der Waals surface area contributed by atoms with Crippen LogP contribution in [-0.4, -0.2) is 35.5 Å². The minimum Gasteiger partial charge on any atom is -0.378 e. The second kappa shape index (κ2) is 10.0. The fraction of sp³-hybridized carbons (Fsp3) is 0.171. The first-order chi connectivity index (χ1) is 20.4. The lowest BCUT2D eigenvalue weighted by Gasteiger charge is -2.40. The molecule has 1 aromatic heterocycles. The second-order valence-electron chi connectivity index (χ2n) is 11.1. The Hall–Kier alpha value is -5.17. The largest absolute Gasteiger partial charge is 0.378 e. The Labute approximate surface area is 246 Å². The van der Waals surface area contributed by atoms with E-state index in [9.17, 15) is 0 Å². The highest BCUT2D eigenvalue weighted by atomic mass is 15.4. The lowest BCUT2D eigenvalue weighted by atomic mass is 9.93.